The number of hydrogen-bond acceptors (Lipinski definition) is 6. The number of allylic oxidation sites excluding steroid dienone is 1. The number of carbonyl (C=O) groups excluding carboxylic acids is 1. The predicted molar refractivity (Wildman–Crippen MR) is 89.1 cm³/mol. The number of nitrogens with zero attached hydrogens (tertiary/aromatic N) is 4. The van der Waals surface area contributed by atoms with Crippen molar-refractivity contribution < 1.29 is 13.9 Å². The standard InChI is InChI=1S/C17H18FN5O2/c1-4-25-15(24)14-11(2)21-16(23-19-9-10-20-23)22-17(14,3)12-5-7-13(18)8-6-12/h5-10H,4H2,1-3H3,(H,21,22). The monoisotopic (exact) mass is 343 g/mol. The number of aliphatic imine (C=N–C) groups is 1. The Hall–Kier alpha value is -3.03. The summed E-state index contributed by atoms with van der Waals surface area (Å²) in [6.07, 6.45) is 3.05. The molecule has 1 aromatic heterocycles. The molecule has 25 heavy (non-hydrogen) atoms. The second-order valence-corrected chi connectivity index (χ2v) is 5.68. The van der Waals surface area contributed by atoms with Crippen LogP contribution in [0.15, 0.2) is 52.9 Å². The van der Waals surface area contributed by atoms with E-state index in [1.807, 2.05) is 0 Å². The third-order valence-corrected chi connectivity index (χ3v) is 3.98. The fourth-order valence-electron chi connectivity index (χ4n) is 2.85. The molecular weight excluding hydrogens is 325 g/mol. The van der Waals surface area contributed by atoms with Crippen molar-refractivity contribution in [1.82, 2.24) is 20.3 Å². The highest BCUT2D eigenvalue weighted by Crippen LogP contribution is 2.38. The molecule has 1 N–H and O–H groups in total. The van der Waals surface area contributed by atoms with Crippen LogP contribution in [0.4, 0.5) is 4.39 Å². The topological polar surface area (TPSA) is 81.4 Å². The molecule has 0 amide bonds. The highest BCUT2D eigenvalue weighted by Gasteiger charge is 2.41. The first-order valence-electron chi connectivity index (χ1n) is 7.83. The molecule has 0 fully saturated rings. The van der Waals surface area contributed by atoms with Crippen molar-refractivity contribution >= 4 is 11.9 Å². The van der Waals surface area contributed by atoms with Crippen LogP contribution in [0.5, 0.6) is 0 Å². The van der Waals surface area contributed by atoms with Crippen LogP contribution in [-0.4, -0.2) is 33.5 Å². The molecule has 1 aliphatic rings. The first kappa shape index (κ1) is 16.8. The van der Waals surface area contributed by atoms with Gasteiger partial charge in [0.2, 0.25) is 5.96 Å². The van der Waals surface area contributed by atoms with E-state index in [4.69, 9.17) is 4.74 Å². The van der Waals surface area contributed by atoms with E-state index in [0.717, 1.165) is 0 Å². The molecule has 1 aliphatic heterocycles. The molecule has 0 aliphatic carbocycles. The summed E-state index contributed by atoms with van der Waals surface area (Å²) in [5.41, 5.74) is 0.519. The van der Waals surface area contributed by atoms with Gasteiger partial charge < -0.3 is 10.1 Å². The number of esters is 1. The smallest absolute Gasteiger partial charge is 0.338 e. The van der Waals surface area contributed by atoms with Crippen molar-refractivity contribution in [2.45, 2.75) is 26.3 Å². The number of ether oxygens (including phenoxy) is 1. The fourth-order valence-corrected chi connectivity index (χ4v) is 2.85. The molecule has 3 rings (SSSR count). The minimum absolute atomic E-state index is 0.242. The van der Waals surface area contributed by atoms with Gasteiger partial charge in [-0.25, -0.2) is 14.2 Å². The quantitative estimate of drug-likeness (QED) is 0.862. The number of hydrogen-bond donors (Lipinski definition) is 1. The molecule has 1 atom stereocenters. The molecule has 0 bridgehead atoms. The predicted octanol–water partition coefficient (Wildman–Crippen LogP) is 1.98. The van der Waals surface area contributed by atoms with Gasteiger partial charge in [-0.1, -0.05) is 12.1 Å². The van der Waals surface area contributed by atoms with Gasteiger partial charge in [-0.2, -0.15) is 10.2 Å². The number of benzene rings is 1. The Labute approximate surface area is 144 Å². The lowest BCUT2D eigenvalue weighted by molar-refractivity contribution is -0.139. The van der Waals surface area contributed by atoms with E-state index in [0.29, 0.717) is 22.8 Å². The van der Waals surface area contributed by atoms with Crippen LogP contribution >= 0.6 is 0 Å². The number of halogens is 1. The van der Waals surface area contributed by atoms with Gasteiger partial charge in [0.15, 0.2) is 0 Å². The number of nitrogens with one attached hydrogen (secondary N) is 1. The Morgan fingerprint density at radius 1 is 1.28 bits per heavy atom. The van der Waals surface area contributed by atoms with E-state index in [1.165, 1.54) is 29.3 Å². The van der Waals surface area contributed by atoms with Crippen LogP contribution < -0.4 is 5.32 Å². The minimum atomic E-state index is -1.07. The van der Waals surface area contributed by atoms with E-state index >= 15 is 0 Å². The molecule has 1 aromatic carbocycles. The molecule has 0 saturated heterocycles. The summed E-state index contributed by atoms with van der Waals surface area (Å²) in [6.45, 7) is 5.51. The first-order valence-corrected chi connectivity index (χ1v) is 7.83. The van der Waals surface area contributed by atoms with Gasteiger partial charge in [-0.05, 0) is 38.5 Å². The summed E-state index contributed by atoms with van der Waals surface area (Å²) in [5.74, 6) is -0.476. The Kier molecular flexibility index (Phi) is 4.35. The summed E-state index contributed by atoms with van der Waals surface area (Å²) in [5, 5.41) is 11.2. The van der Waals surface area contributed by atoms with Gasteiger partial charge in [-0.3, -0.25) is 0 Å². The third-order valence-electron chi connectivity index (χ3n) is 3.98. The van der Waals surface area contributed by atoms with E-state index < -0.39 is 11.5 Å². The van der Waals surface area contributed by atoms with Crippen molar-refractivity contribution in [2.75, 3.05) is 6.61 Å². The molecule has 7 nitrogen and oxygen atoms in total. The fraction of sp³-hybridized carbons (Fsp3) is 0.294. The lowest BCUT2D eigenvalue weighted by Gasteiger charge is -2.33. The van der Waals surface area contributed by atoms with Crippen LogP contribution in [0, 0.1) is 5.82 Å². The SMILES string of the molecule is CCOC(=O)C1=C(C)NC(n2nccn2)=NC1(C)c1ccc(F)cc1. The third kappa shape index (κ3) is 3.02. The summed E-state index contributed by atoms with van der Waals surface area (Å²) in [6, 6.07) is 5.87. The van der Waals surface area contributed by atoms with Crippen LogP contribution in [0.2, 0.25) is 0 Å². The maximum atomic E-state index is 13.4. The molecule has 0 spiro atoms. The summed E-state index contributed by atoms with van der Waals surface area (Å²) < 4.78 is 18.6. The lowest BCUT2D eigenvalue weighted by Crippen LogP contribution is -2.43. The molecule has 0 radical (unpaired) electrons. The number of aromatic nitrogens is 3. The largest absolute Gasteiger partial charge is 0.463 e. The molecule has 2 aromatic rings. The van der Waals surface area contributed by atoms with Crippen LogP contribution in [0.3, 0.4) is 0 Å². The van der Waals surface area contributed by atoms with Crippen molar-refractivity contribution in [2.24, 2.45) is 4.99 Å². The van der Waals surface area contributed by atoms with Gasteiger partial charge in [0, 0.05) is 5.70 Å². The molecule has 8 heteroatoms. The van der Waals surface area contributed by atoms with Gasteiger partial charge in [0.1, 0.15) is 11.4 Å². The Bertz CT molecular complexity index is 842. The summed E-state index contributed by atoms with van der Waals surface area (Å²) in [4.78, 5) is 18.5. The Morgan fingerprint density at radius 3 is 2.52 bits per heavy atom. The summed E-state index contributed by atoms with van der Waals surface area (Å²) >= 11 is 0. The maximum Gasteiger partial charge on any atom is 0.338 e. The first-order chi connectivity index (χ1) is 12.0. The van der Waals surface area contributed by atoms with E-state index in [-0.39, 0.29) is 12.4 Å². The maximum absolute atomic E-state index is 13.4. The zero-order chi connectivity index (χ0) is 18.0. The average molecular weight is 343 g/mol. The zero-order valence-electron chi connectivity index (χ0n) is 14.2. The molecule has 130 valence electrons. The van der Waals surface area contributed by atoms with Crippen molar-refractivity contribution in [3.05, 3.63) is 59.3 Å². The van der Waals surface area contributed by atoms with Gasteiger partial charge in [-0.15, -0.1) is 4.80 Å². The van der Waals surface area contributed by atoms with E-state index in [1.54, 1.807) is 32.9 Å². The second-order valence-electron chi connectivity index (χ2n) is 5.68. The van der Waals surface area contributed by atoms with E-state index in [9.17, 15) is 9.18 Å². The van der Waals surface area contributed by atoms with Gasteiger partial charge in [0.25, 0.3) is 0 Å². The Balaban J connectivity index is 2.16. The molecule has 2 heterocycles. The molecule has 1 unspecified atom stereocenters. The average Bonchev–Trinajstić information content (AvgIpc) is 3.09. The second kappa shape index (κ2) is 6.46. The zero-order valence-corrected chi connectivity index (χ0v) is 14.2. The molecular formula is C17H18FN5O2. The highest BCUT2D eigenvalue weighted by atomic mass is 19.1. The van der Waals surface area contributed by atoms with Gasteiger partial charge in [0.05, 0.1) is 24.6 Å². The normalized spacial score (nSPS) is 20.1. The number of carbonyl (C=O) groups is 1. The minimum Gasteiger partial charge on any atom is -0.463 e. The van der Waals surface area contributed by atoms with Crippen molar-refractivity contribution in [3.8, 4) is 0 Å². The Morgan fingerprint density at radius 2 is 1.92 bits per heavy atom. The molecule has 0 saturated carbocycles. The van der Waals surface area contributed by atoms with Gasteiger partial charge >= 0.3 is 5.97 Å². The summed E-state index contributed by atoms with van der Waals surface area (Å²) in [7, 11) is 0. The number of rotatable bonds is 3. The van der Waals surface area contributed by atoms with Crippen LogP contribution in [0.1, 0.15) is 26.3 Å². The van der Waals surface area contributed by atoms with E-state index in [2.05, 4.69) is 20.5 Å². The van der Waals surface area contributed by atoms with Crippen LogP contribution in [-0.2, 0) is 15.1 Å². The van der Waals surface area contributed by atoms with Crippen molar-refractivity contribution in [3.63, 3.8) is 0 Å². The van der Waals surface area contributed by atoms with Crippen molar-refractivity contribution in [1.29, 1.82) is 0 Å². The lowest BCUT2D eigenvalue weighted by atomic mass is 9.82. The van der Waals surface area contributed by atoms with Crippen LogP contribution in [0.25, 0.3) is 0 Å². The highest BCUT2D eigenvalue weighted by molar-refractivity contribution is 5.96.